The van der Waals surface area contributed by atoms with Crippen molar-refractivity contribution in [2.45, 2.75) is 37.5 Å². The minimum absolute atomic E-state index is 0.0108. The van der Waals surface area contributed by atoms with Crippen molar-refractivity contribution < 1.29 is 9.84 Å². The molecule has 3 atom stereocenters. The number of aromatic hydroxyl groups is 1. The van der Waals surface area contributed by atoms with Gasteiger partial charge in [0.15, 0.2) is 0 Å². The number of hydrogen-bond acceptors (Lipinski definition) is 4. The van der Waals surface area contributed by atoms with Crippen LogP contribution in [0.15, 0.2) is 24.3 Å². The van der Waals surface area contributed by atoms with E-state index in [1.165, 1.54) is 19.4 Å². The van der Waals surface area contributed by atoms with Crippen LogP contribution in [-0.2, 0) is 11.2 Å². The first-order chi connectivity index (χ1) is 9.22. The molecular weight excluding hydrogens is 240 g/mol. The van der Waals surface area contributed by atoms with E-state index in [9.17, 15) is 5.11 Å². The second kappa shape index (κ2) is 5.49. The minimum Gasteiger partial charge on any atom is -0.508 e. The Kier molecular flexibility index (Phi) is 3.73. The molecule has 3 unspecified atom stereocenters. The van der Waals surface area contributed by atoms with Gasteiger partial charge in [-0.1, -0.05) is 12.1 Å². The highest BCUT2D eigenvalue weighted by atomic mass is 16.5. The molecule has 0 spiro atoms. The molecule has 19 heavy (non-hydrogen) atoms. The number of hydrogen-bond donors (Lipinski definition) is 2. The lowest BCUT2D eigenvalue weighted by Crippen LogP contribution is -2.53. The molecule has 0 bridgehead atoms. The predicted molar refractivity (Wildman–Crippen MR) is 74.1 cm³/mol. The number of fused-ring (bicyclic) bond motifs is 1. The monoisotopic (exact) mass is 262 g/mol. The highest BCUT2D eigenvalue weighted by Crippen LogP contribution is 2.24. The Hall–Kier alpha value is -1.10. The van der Waals surface area contributed by atoms with Crippen LogP contribution in [0, 0.1) is 0 Å². The number of phenolic OH excluding ortho intramolecular Hbond substituents is 1. The Morgan fingerprint density at radius 1 is 1.47 bits per heavy atom. The van der Waals surface area contributed by atoms with E-state index in [0.717, 1.165) is 25.1 Å². The summed E-state index contributed by atoms with van der Waals surface area (Å²) in [5.74, 6) is 0.300. The molecule has 2 heterocycles. The molecule has 0 aliphatic carbocycles. The number of nitrogens with two attached hydrogens (primary N) is 1. The van der Waals surface area contributed by atoms with Crippen LogP contribution in [0.5, 0.6) is 5.75 Å². The SMILES string of the molecule is NC(Cc1cccc(O)c1)C1CN2CCCC2CO1. The standard InChI is InChI=1S/C15H22N2O2/c16-14(8-11-3-1-5-13(18)7-11)15-9-17-6-2-4-12(17)10-19-15/h1,3,5,7,12,14-15,18H,2,4,6,8-10,16H2. The summed E-state index contributed by atoms with van der Waals surface area (Å²) in [6.07, 6.45) is 3.39. The van der Waals surface area contributed by atoms with Crippen LogP contribution in [0.2, 0.25) is 0 Å². The Bertz CT molecular complexity index is 438. The molecule has 1 aromatic rings. The molecule has 2 aliphatic rings. The van der Waals surface area contributed by atoms with E-state index >= 15 is 0 Å². The van der Waals surface area contributed by atoms with Gasteiger partial charge in [0, 0.05) is 18.6 Å². The maximum Gasteiger partial charge on any atom is 0.115 e. The van der Waals surface area contributed by atoms with Gasteiger partial charge < -0.3 is 15.6 Å². The average Bonchev–Trinajstić information content (AvgIpc) is 2.85. The quantitative estimate of drug-likeness (QED) is 0.857. The summed E-state index contributed by atoms with van der Waals surface area (Å²) in [7, 11) is 0. The summed E-state index contributed by atoms with van der Waals surface area (Å²) in [6, 6.07) is 7.92. The van der Waals surface area contributed by atoms with Gasteiger partial charge in [0.2, 0.25) is 0 Å². The van der Waals surface area contributed by atoms with Gasteiger partial charge in [-0.05, 0) is 43.5 Å². The van der Waals surface area contributed by atoms with Gasteiger partial charge >= 0.3 is 0 Å². The van der Waals surface area contributed by atoms with Crippen molar-refractivity contribution in [3.8, 4) is 5.75 Å². The maximum atomic E-state index is 9.48. The average molecular weight is 262 g/mol. The van der Waals surface area contributed by atoms with Crippen LogP contribution in [0.25, 0.3) is 0 Å². The van der Waals surface area contributed by atoms with E-state index in [1.54, 1.807) is 12.1 Å². The summed E-state index contributed by atoms with van der Waals surface area (Å²) in [5, 5.41) is 9.48. The van der Waals surface area contributed by atoms with E-state index in [-0.39, 0.29) is 12.1 Å². The van der Waals surface area contributed by atoms with E-state index < -0.39 is 0 Å². The molecule has 3 rings (SSSR count). The number of benzene rings is 1. The second-order valence-electron chi connectivity index (χ2n) is 5.70. The third-order valence-corrected chi connectivity index (χ3v) is 4.28. The molecule has 2 saturated heterocycles. The van der Waals surface area contributed by atoms with E-state index in [0.29, 0.717) is 11.8 Å². The fourth-order valence-electron chi connectivity index (χ4n) is 3.19. The second-order valence-corrected chi connectivity index (χ2v) is 5.70. The topological polar surface area (TPSA) is 58.7 Å². The Balaban J connectivity index is 1.59. The smallest absolute Gasteiger partial charge is 0.115 e. The van der Waals surface area contributed by atoms with Crippen LogP contribution in [0.4, 0.5) is 0 Å². The normalized spacial score (nSPS) is 29.1. The lowest BCUT2D eigenvalue weighted by molar-refractivity contribution is -0.0589. The number of nitrogens with zero attached hydrogens (tertiary/aromatic N) is 1. The van der Waals surface area contributed by atoms with Crippen LogP contribution in [0.3, 0.4) is 0 Å². The van der Waals surface area contributed by atoms with Crippen LogP contribution in [0.1, 0.15) is 18.4 Å². The third kappa shape index (κ3) is 2.91. The van der Waals surface area contributed by atoms with Gasteiger partial charge in [0.05, 0.1) is 12.7 Å². The summed E-state index contributed by atoms with van der Waals surface area (Å²) >= 11 is 0. The van der Waals surface area contributed by atoms with E-state index in [4.69, 9.17) is 10.5 Å². The molecule has 3 N–H and O–H groups in total. The van der Waals surface area contributed by atoms with Gasteiger partial charge in [0.25, 0.3) is 0 Å². The summed E-state index contributed by atoms with van der Waals surface area (Å²) in [4.78, 5) is 2.51. The van der Waals surface area contributed by atoms with Crippen LogP contribution in [-0.4, -0.2) is 47.9 Å². The molecule has 4 nitrogen and oxygen atoms in total. The Morgan fingerprint density at radius 2 is 2.37 bits per heavy atom. The summed E-state index contributed by atoms with van der Waals surface area (Å²) < 4.78 is 5.93. The maximum absolute atomic E-state index is 9.48. The zero-order valence-corrected chi connectivity index (χ0v) is 11.2. The lowest BCUT2D eigenvalue weighted by atomic mass is 10.00. The first-order valence-corrected chi connectivity index (χ1v) is 7.11. The van der Waals surface area contributed by atoms with Gasteiger partial charge in [-0.15, -0.1) is 0 Å². The molecule has 2 fully saturated rings. The fraction of sp³-hybridized carbons (Fsp3) is 0.600. The lowest BCUT2D eigenvalue weighted by Gasteiger charge is -2.37. The van der Waals surface area contributed by atoms with Crippen LogP contribution >= 0.6 is 0 Å². The van der Waals surface area contributed by atoms with Gasteiger partial charge in [0.1, 0.15) is 5.75 Å². The molecule has 104 valence electrons. The van der Waals surface area contributed by atoms with E-state index in [2.05, 4.69) is 4.90 Å². The minimum atomic E-state index is -0.0108. The fourth-order valence-corrected chi connectivity index (χ4v) is 3.19. The van der Waals surface area contributed by atoms with Gasteiger partial charge in [-0.25, -0.2) is 0 Å². The number of phenols is 1. The van der Waals surface area contributed by atoms with Crippen molar-refractivity contribution in [2.75, 3.05) is 19.7 Å². The summed E-state index contributed by atoms with van der Waals surface area (Å²) in [6.45, 7) is 2.95. The van der Waals surface area contributed by atoms with Crippen molar-refractivity contribution in [3.05, 3.63) is 29.8 Å². The molecule has 0 aromatic heterocycles. The first kappa shape index (κ1) is 12.9. The number of morpholine rings is 1. The Morgan fingerprint density at radius 3 is 3.21 bits per heavy atom. The zero-order chi connectivity index (χ0) is 13.2. The van der Waals surface area contributed by atoms with Crippen molar-refractivity contribution in [2.24, 2.45) is 5.73 Å². The van der Waals surface area contributed by atoms with Crippen molar-refractivity contribution in [3.63, 3.8) is 0 Å². The predicted octanol–water partition coefficient (Wildman–Crippen LogP) is 1.13. The van der Waals surface area contributed by atoms with Crippen molar-refractivity contribution >= 4 is 0 Å². The number of ether oxygens (including phenoxy) is 1. The molecule has 2 aliphatic heterocycles. The number of rotatable bonds is 3. The zero-order valence-electron chi connectivity index (χ0n) is 11.2. The Labute approximate surface area is 114 Å². The summed E-state index contributed by atoms with van der Waals surface area (Å²) in [5.41, 5.74) is 7.35. The van der Waals surface area contributed by atoms with Gasteiger partial charge in [-0.2, -0.15) is 0 Å². The molecule has 0 amide bonds. The van der Waals surface area contributed by atoms with Crippen LogP contribution < -0.4 is 5.73 Å². The molecule has 1 aromatic carbocycles. The molecular formula is C15H22N2O2. The largest absolute Gasteiger partial charge is 0.508 e. The molecule has 0 radical (unpaired) electrons. The molecule has 0 saturated carbocycles. The van der Waals surface area contributed by atoms with Crippen molar-refractivity contribution in [1.29, 1.82) is 0 Å². The first-order valence-electron chi connectivity index (χ1n) is 7.11. The van der Waals surface area contributed by atoms with Gasteiger partial charge in [-0.3, -0.25) is 4.90 Å². The molecule has 4 heteroatoms. The highest BCUT2D eigenvalue weighted by Gasteiger charge is 2.34. The highest BCUT2D eigenvalue weighted by molar-refractivity contribution is 5.27. The van der Waals surface area contributed by atoms with E-state index in [1.807, 2.05) is 12.1 Å². The third-order valence-electron chi connectivity index (χ3n) is 4.28. The van der Waals surface area contributed by atoms with Crippen molar-refractivity contribution in [1.82, 2.24) is 4.90 Å².